The lowest BCUT2D eigenvalue weighted by Gasteiger charge is -2.16. The highest BCUT2D eigenvalue weighted by Gasteiger charge is 2.14. The number of halogens is 2. The predicted molar refractivity (Wildman–Crippen MR) is 82.7 cm³/mol. The molecule has 2 rings (SSSR count). The molecule has 0 aliphatic heterocycles. The zero-order valence-electron chi connectivity index (χ0n) is 11.5. The highest BCUT2D eigenvalue weighted by atomic mass is 35.5. The molecule has 1 heterocycles. The van der Waals surface area contributed by atoms with Crippen LogP contribution >= 0.6 is 11.6 Å². The maximum atomic E-state index is 13.4. The maximum absolute atomic E-state index is 13.4. The third-order valence-electron chi connectivity index (χ3n) is 2.96. The fourth-order valence-corrected chi connectivity index (χ4v) is 1.95. The summed E-state index contributed by atoms with van der Waals surface area (Å²) in [5.74, 6) is -1.00. The van der Waals surface area contributed by atoms with Gasteiger partial charge in [-0.15, -0.1) is 0 Å². The first-order valence-corrected chi connectivity index (χ1v) is 6.92. The number of aromatic nitrogens is 1. The average Bonchev–Trinajstić information content (AvgIpc) is 2.54. The predicted octanol–water partition coefficient (Wildman–Crippen LogP) is 2.74. The van der Waals surface area contributed by atoms with Crippen LogP contribution in [0.1, 0.15) is 17.2 Å². The van der Waals surface area contributed by atoms with E-state index in [1.807, 2.05) is 0 Å². The summed E-state index contributed by atoms with van der Waals surface area (Å²) in [7, 11) is 0. The summed E-state index contributed by atoms with van der Waals surface area (Å²) in [6, 6.07) is 6.97. The summed E-state index contributed by atoms with van der Waals surface area (Å²) < 4.78 is 13.4. The van der Waals surface area contributed by atoms with E-state index >= 15 is 0 Å². The molecular formula is C16H14ClFN2O2. The molecule has 2 N–H and O–H groups in total. The van der Waals surface area contributed by atoms with Crippen LogP contribution in [0.15, 0.2) is 48.8 Å². The molecule has 22 heavy (non-hydrogen) atoms. The van der Waals surface area contributed by atoms with Gasteiger partial charge in [-0.3, -0.25) is 9.78 Å². The Morgan fingerprint density at radius 3 is 2.91 bits per heavy atom. The molecule has 0 saturated heterocycles. The van der Waals surface area contributed by atoms with Gasteiger partial charge in [0.1, 0.15) is 5.82 Å². The number of aliphatic hydroxyl groups is 1. The minimum Gasteiger partial charge on any atom is -0.394 e. The first-order chi connectivity index (χ1) is 10.6. The van der Waals surface area contributed by atoms with Crippen LogP contribution in [-0.2, 0) is 4.79 Å². The lowest BCUT2D eigenvalue weighted by Crippen LogP contribution is -2.29. The van der Waals surface area contributed by atoms with Gasteiger partial charge in [-0.2, -0.15) is 0 Å². The van der Waals surface area contributed by atoms with Crippen LogP contribution in [0, 0.1) is 5.82 Å². The molecule has 1 aromatic heterocycles. The summed E-state index contributed by atoms with van der Waals surface area (Å²) in [6.07, 6.45) is 6.17. The van der Waals surface area contributed by atoms with Crippen LogP contribution in [-0.4, -0.2) is 22.6 Å². The van der Waals surface area contributed by atoms with Crippen LogP contribution in [0.3, 0.4) is 0 Å². The molecule has 0 radical (unpaired) electrons. The monoisotopic (exact) mass is 320 g/mol. The van der Waals surface area contributed by atoms with E-state index in [2.05, 4.69) is 10.3 Å². The van der Waals surface area contributed by atoms with Crippen molar-refractivity contribution in [3.05, 3.63) is 70.8 Å². The van der Waals surface area contributed by atoms with Crippen molar-refractivity contribution in [3.8, 4) is 0 Å². The molecule has 0 fully saturated rings. The zero-order chi connectivity index (χ0) is 15.9. The Morgan fingerprint density at radius 1 is 1.45 bits per heavy atom. The number of hydrogen-bond donors (Lipinski definition) is 2. The standard InChI is InChI=1S/C16H14ClFN2O2/c17-13-5-4-12(8-14(13)18)15(10-21)20-16(22)6-3-11-2-1-7-19-9-11/h1-9,15,21H,10H2,(H,20,22)/b6-3+. The fourth-order valence-electron chi connectivity index (χ4n) is 1.83. The fraction of sp³-hybridized carbons (Fsp3) is 0.125. The lowest BCUT2D eigenvalue weighted by molar-refractivity contribution is -0.117. The quantitative estimate of drug-likeness (QED) is 0.833. The highest BCUT2D eigenvalue weighted by Crippen LogP contribution is 2.20. The Morgan fingerprint density at radius 2 is 2.27 bits per heavy atom. The number of aliphatic hydroxyl groups excluding tert-OH is 1. The first-order valence-electron chi connectivity index (χ1n) is 6.54. The Balaban J connectivity index is 2.04. The molecule has 0 spiro atoms. The summed E-state index contributed by atoms with van der Waals surface area (Å²) in [5.41, 5.74) is 1.21. The molecule has 0 bridgehead atoms. The van der Waals surface area contributed by atoms with Crippen LogP contribution in [0.25, 0.3) is 6.08 Å². The number of amides is 1. The first kappa shape index (κ1) is 16.1. The minimum absolute atomic E-state index is 0.0109. The Labute approximate surface area is 132 Å². The summed E-state index contributed by atoms with van der Waals surface area (Å²) in [5, 5.41) is 12.0. The van der Waals surface area contributed by atoms with E-state index in [1.54, 1.807) is 36.7 Å². The second kappa shape index (κ2) is 7.68. The van der Waals surface area contributed by atoms with Gasteiger partial charge in [0.15, 0.2) is 0 Å². The van der Waals surface area contributed by atoms with Crippen molar-refractivity contribution in [2.75, 3.05) is 6.61 Å². The van der Waals surface area contributed by atoms with Crippen molar-refractivity contribution >= 4 is 23.6 Å². The zero-order valence-corrected chi connectivity index (χ0v) is 12.3. The molecule has 1 amide bonds. The molecule has 1 unspecified atom stereocenters. The van der Waals surface area contributed by atoms with Gasteiger partial charge >= 0.3 is 0 Å². The maximum Gasteiger partial charge on any atom is 0.244 e. The molecule has 2 aromatic rings. The molecule has 0 aliphatic carbocycles. The Bertz CT molecular complexity index is 677. The average molecular weight is 321 g/mol. The number of pyridine rings is 1. The number of nitrogens with one attached hydrogen (secondary N) is 1. The molecular weight excluding hydrogens is 307 g/mol. The van der Waals surface area contributed by atoms with E-state index in [4.69, 9.17) is 11.6 Å². The summed E-state index contributed by atoms with van der Waals surface area (Å²) >= 11 is 5.61. The van der Waals surface area contributed by atoms with Gasteiger partial charge in [0.05, 0.1) is 17.7 Å². The second-order valence-electron chi connectivity index (χ2n) is 4.54. The number of benzene rings is 1. The van der Waals surface area contributed by atoms with Gasteiger partial charge in [0, 0.05) is 18.5 Å². The number of carbonyl (C=O) groups is 1. The van der Waals surface area contributed by atoms with E-state index in [-0.39, 0.29) is 11.6 Å². The van der Waals surface area contributed by atoms with Gasteiger partial charge in [-0.25, -0.2) is 4.39 Å². The van der Waals surface area contributed by atoms with Crippen LogP contribution < -0.4 is 5.32 Å². The molecule has 0 saturated carbocycles. The van der Waals surface area contributed by atoms with Crippen molar-refractivity contribution in [2.45, 2.75) is 6.04 Å². The van der Waals surface area contributed by atoms with E-state index in [1.165, 1.54) is 18.2 Å². The van der Waals surface area contributed by atoms with E-state index in [0.717, 1.165) is 5.56 Å². The van der Waals surface area contributed by atoms with E-state index in [0.29, 0.717) is 5.56 Å². The van der Waals surface area contributed by atoms with Crippen molar-refractivity contribution in [1.82, 2.24) is 10.3 Å². The number of hydrogen-bond acceptors (Lipinski definition) is 3. The minimum atomic E-state index is -0.710. The SMILES string of the molecule is O=C(/C=C/c1cccnc1)NC(CO)c1ccc(Cl)c(F)c1. The van der Waals surface area contributed by atoms with Crippen LogP contribution in [0.2, 0.25) is 5.02 Å². The smallest absolute Gasteiger partial charge is 0.244 e. The summed E-state index contributed by atoms with van der Waals surface area (Å²) in [4.78, 5) is 15.8. The Hall–Kier alpha value is -2.24. The number of carbonyl (C=O) groups excluding carboxylic acids is 1. The van der Waals surface area contributed by atoms with E-state index < -0.39 is 17.8 Å². The van der Waals surface area contributed by atoms with Crippen molar-refractivity contribution < 1.29 is 14.3 Å². The van der Waals surface area contributed by atoms with Crippen LogP contribution in [0.4, 0.5) is 4.39 Å². The lowest BCUT2D eigenvalue weighted by atomic mass is 10.1. The van der Waals surface area contributed by atoms with Gasteiger partial charge in [-0.05, 0) is 35.4 Å². The van der Waals surface area contributed by atoms with Gasteiger partial charge in [-0.1, -0.05) is 23.7 Å². The third-order valence-corrected chi connectivity index (χ3v) is 3.26. The number of nitrogens with zero attached hydrogens (tertiary/aromatic N) is 1. The van der Waals surface area contributed by atoms with Crippen molar-refractivity contribution in [3.63, 3.8) is 0 Å². The van der Waals surface area contributed by atoms with E-state index in [9.17, 15) is 14.3 Å². The van der Waals surface area contributed by atoms with Gasteiger partial charge < -0.3 is 10.4 Å². The molecule has 4 nitrogen and oxygen atoms in total. The number of rotatable bonds is 5. The van der Waals surface area contributed by atoms with Gasteiger partial charge in [0.2, 0.25) is 5.91 Å². The largest absolute Gasteiger partial charge is 0.394 e. The van der Waals surface area contributed by atoms with Crippen LogP contribution in [0.5, 0.6) is 0 Å². The normalized spacial score (nSPS) is 12.3. The second-order valence-corrected chi connectivity index (χ2v) is 4.94. The van der Waals surface area contributed by atoms with Crippen molar-refractivity contribution in [1.29, 1.82) is 0 Å². The molecule has 1 aromatic carbocycles. The molecule has 6 heteroatoms. The third kappa shape index (κ3) is 4.38. The van der Waals surface area contributed by atoms with Crippen molar-refractivity contribution in [2.24, 2.45) is 0 Å². The molecule has 1 atom stereocenters. The topological polar surface area (TPSA) is 62.2 Å². The highest BCUT2D eigenvalue weighted by molar-refractivity contribution is 6.30. The molecule has 0 aliphatic rings. The Kier molecular flexibility index (Phi) is 5.63. The van der Waals surface area contributed by atoms with Gasteiger partial charge in [0.25, 0.3) is 0 Å². The molecule has 114 valence electrons. The summed E-state index contributed by atoms with van der Waals surface area (Å²) in [6.45, 7) is -0.354.